The van der Waals surface area contributed by atoms with E-state index in [1.807, 2.05) is 30.3 Å². The summed E-state index contributed by atoms with van der Waals surface area (Å²) in [5.74, 6) is 0.167. The number of hydrogen-bond acceptors (Lipinski definition) is 4. The van der Waals surface area contributed by atoms with Gasteiger partial charge in [-0.05, 0) is 24.5 Å². The molecule has 1 aromatic heterocycles. The second-order valence-electron chi connectivity index (χ2n) is 5.49. The number of benzene rings is 1. The van der Waals surface area contributed by atoms with E-state index in [1.54, 1.807) is 10.9 Å². The zero-order valence-electron chi connectivity index (χ0n) is 12.0. The fourth-order valence-electron chi connectivity index (χ4n) is 2.53. The molecule has 0 bridgehead atoms. The quantitative estimate of drug-likeness (QED) is 0.913. The molecule has 1 amide bonds. The molecule has 2 heterocycles. The predicted octanol–water partition coefficient (Wildman–Crippen LogP) is 1.04. The summed E-state index contributed by atoms with van der Waals surface area (Å²) in [6, 6.07) is 9.51. The molecule has 2 aromatic rings. The average molecular weight is 319 g/mol. The monoisotopic (exact) mass is 319 g/mol. The Hall–Kier alpha value is -2.15. The van der Waals surface area contributed by atoms with E-state index in [9.17, 15) is 13.2 Å². The molecule has 1 aliphatic heterocycles. The summed E-state index contributed by atoms with van der Waals surface area (Å²) in [5.41, 5.74) is 1.34. The molecule has 0 spiro atoms. The number of nitrogens with zero attached hydrogens (tertiary/aromatic N) is 2. The van der Waals surface area contributed by atoms with Crippen molar-refractivity contribution < 1.29 is 13.2 Å². The van der Waals surface area contributed by atoms with Crippen LogP contribution in [-0.2, 0) is 9.84 Å². The van der Waals surface area contributed by atoms with Crippen LogP contribution < -0.4 is 5.32 Å². The van der Waals surface area contributed by atoms with Gasteiger partial charge < -0.3 is 5.32 Å². The van der Waals surface area contributed by atoms with Crippen LogP contribution in [0.15, 0.2) is 42.7 Å². The van der Waals surface area contributed by atoms with Crippen LogP contribution in [0.25, 0.3) is 5.69 Å². The Balaban J connectivity index is 1.60. The number of nitrogens with one attached hydrogen (secondary N) is 1. The standard InChI is InChI=1S/C15H17N3O3S/c19-15(16-8-12-6-7-22(20,21)11-12)13-9-17-18(10-13)14-4-2-1-3-5-14/h1-5,9-10,12H,6-8,11H2,(H,16,19). The summed E-state index contributed by atoms with van der Waals surface area (Å²) in [6.07, 6.45) is 3.79. The van der Waals surface area contributed by atoms with Gasteiger partial charge in [-0.3, -0.25) is 4.79 Å². The minimum atomic E-state index is -2.91. The average Bonchev–Trinajstić information content (AvgIpc) is 3.12. The van der Waals surface area contributed by atoms with Gasteiger partial charge in [0, 0.05) is 12.7 Å². The lowest BCUT2D eigenvalue weighted by Gasteiger charge is -2.08. The molecule has 0 aliphatic carbocycles. The zero-order valence-corrected chi connectivity index (χ0v) is 12.8. The molecular formula is C15H17N3O3S. The molecule has 1 aliphatic rings. The maximum atomic E-state index is 12.1. The van der Waals surface area contributed by atoms with Crippen molar-refractivity contribution in [2.45, 2.75) is 6.42 Å². The van der Waals surface area contributed by atoms with Gasteiger partial charge in [-0.25, -0.2) is 13.1 Å². The van der Waals surface area contributed by atoms with Crippen molar-refractivity contribution in [3.8, 4) is 5.69 Å². The zero-order chi connectivity index (χ0) is 15.6. The van der Waals surface area contributed by atoms with Gasteiger partial charge in [0.25, 0.3) is 5.91 Å². The first kappa shape index (κ1) is 14.8. The number of hydrogen-bond donors (Lipinski definition) is 1. The third kappa shape index (κ3) is 3.36. The van der Waals surface area contributed by atoms with Crippen molar-refractivity contribution in [1.29, 1.82) is 0 Å². The summed E-state index contributed by atoms with van der Waals surface area (Å²) in [6.45, 7) is 0.384. The Morgan fingerprint density at radius 3 is 2.77 bits per heavy atom. The van der Waals surface area contributed by atoms with E-state index in [1.165, 1.54) is 6.20 Å². The van der Waals surface area contributed by atoms with Gasteiger partial charge in [-0.15, -0.1) is 0 Å². The van der Waals surface area contributed by atoms with E-state index in [2.05, 4.69) is 10.4 Å². The Bertz CT molecular complexity index is 768. The largest absolute Gasteiger partial charge is 0.352 e. The lowest BCUT2D eigenvalue weighted by Crippen LogP contribution is -2.29. The first-order valence-corrected chi connectivity index (χ1v) is 8.94. The molecule has 1 aromatic carbocycles. The van der Waals surface area contributed by atoms with E-state index in [4.69, 9.17) is 0 Å². The molecule has 1 saturated heterocycles. The molecule has 1 unspecified atom stereocenters. The van der Waals surface area contributed by atoms with Crippen LogP contribution in [0.2, 0.25) is 0 Å². The van der Waals surface area contributed by atoms with Gasteiger partial charge in [-0.2, -0.15) is 5.10 Å². The summed E-state index contributed by atoms with van der Waals surface area (Å²) in [7, 11) is -2.91. The SMILES string of the molecule is O=C(NCC1CCS(=O)(=O)C1)c1cnn(-c2ccccc2)c1. The third-order valence-electron chi connectivity index (χ3n) is 3.74. The number of aromatic nitrogens is 2. The fourth-order valence-corrected chi connectivity index (χ4v) is 4.40. The van der Waals surface area contributed by atoms with Crippen LogP contribution in [0.5, 0.6) is 0 Å². The molecule has 0 saturated carbocycles. The number of para-hydroxylation sites is 1. The molecule has 1 fully saturated rings. The van der Waals surface area contributed by atoms with Gasteiger partial charge >= 0.3 is 0 Å². The van der Waals surface area contributed by atoms with Crippen LogP contribution in [0.1, 0.15) is 16.8 Å². The van der Waals surface area contributed by atoms with Crippen LogP contribution >= 0.6 is 0 Å². The highest BCUT2D eigenvalue weighted by Crippen LogP contribution is 2.17. The second kappa shape index (κ2) is 5.92. The van der Waals surface area contributed by atoms with Crippen molar-refractivity contribution in [2.24, 2.45) is 5.92 Å². The Morgan fingerprint density at radius 2 is 2.09 bits per heavy atom. The maximum absolute atomic E-state index is 12.1. The number of carbonyl (C=O) groups is 1. The first-order valence-electron chi connectivity index (χ1n) is 7.12. The Labute approximate surface area is 129 Å². The Morgan fingerprint density at radius 1 is 1.32 bits per heavy atom. The van der Waals surface area contributed by atoms with Gasteiger partial charge in [0.15, 0.2) is 9.84 Å². The lowest BCUT2D eigenvalue weighted by molar-refractivity contribution is 0.0948. The number of carbonyl (C=O) groups excluding carboxylic acids is 1. The summed E-state index contributed by atoms with van der Waals surface area (Å²) < 4.78 is 24.4. The fraction of sp³-hybridized carbons (Fsp3) is 0.333. The molecule has 7 heteroatoms. The smallest absolute Gasteiger partial charge is 0.254 e. The number of amides is 1. The molecule has 1 atom stereocenters. The van der Waals surface area contributed by atoms with E-state index in [-0.39, 0.29) is 23.3 Å². The molecular weight excluding hydrogens is 302 g/mol. The molecule has 22 heavy (non-hydrogen) atoms. The highest BCUT2D eigenvalue weighted by molar-refractivity contribution is 7.91. The van der Waals surface area contributed by atoms with Gasteiger partial charge in [-0.1, -0.05) is 18.2 Å². The summed E-state index contributed by atoms with van der Waals surface area (Å²) >= 11 is 0. The number of sulfone groups is 1. The topological polar surface area (TPSA) is 81.1 Å². The van der Waals surface area contributed by atoms with Gasteiger partial charge in [0.1, 0.15) is 0 Å². The van der Waals surface area contributed by atoms with Crippen molar-refractivity contribution >= 4 is 15.7 Å². The van der Waals surface area contributed by atoms with E-state index in [0.29, 0.717) is 18.5 Å². The third-order valence-corrected chi connectivity index (χ3v) is 5.58. The normalized spacial score (nSPS) is 19.9. The van der Waals surface area contributed by atoms with Crippen LogP contribution in [0, 0.1) is 5.92 Å². The molecule has 6 nitrogen and oxygen atoms in total. The molecule has 0 radical (unpaired) electrons. The first-order chi connectivity index (χ1) is 10.5. The Kier molecular flexibility index (Phi) is 3.98. The van der Waals surface area contributed by atoms with E-state index >= 15 is 0 Å². The second-order valence-corrected chi connectivity index (χ2v) is 7.72. The van der Waals surface area contributed by atoms with Crippen LogP contribution in [0.4, 0.5) is 0 Å². The van der Waals surface area contributed by atoms with Gasteiger partial charge in [0.2, 0.25) is 0 Å². The summed E-state index contributed by atoms with van der Waals surface area (Å²) in [4.78, 5) is 12.1. The maximum Gasteiger partial charge on any atom is 0.254 e. The van der Waals surface area contributed by atoms with Crippen molar-refractivity contribution in [1.82, 2.24) is 15.1 Å². The minimum Gasteiger partial charge on any atom is -0.352 e. The molecule has 116 valence electrons. The van der Waals surface area contributed by atoms with Crippen LogP contribution in [-0.4, -0.2) is 42.2 Å². The van der Waals surface area contributed by atoms with E-state index < -0.39 is 9.84 Å². The van der Waals surface area contributed by atoms with Crippen molar-refractivity contribution in [3.05, 3.63) is 48.3 Å². The minimum absolute atomic E-state index is 0.0121. The molecule has 3 rings (SSSR count). The van der Waals surface area contributed by atoms with Crippen molar-refractivity contribution in [2.75, 3.05) is 18.1 Å². The highest BCUT2D eigenvalue weighted by atomic mass is 32.2. The molecule has 1 N–H and O–H groups in total. The van der Waals surface area contributed by atoms with Gasteiger partial charge in [0.05, 0.1) is 29.0 Å². The highest BCUT2D eigenvalue weighted by Gasteiger charge is 2.28. The van der Waals surface area contributed by atoms with Crippen molar-refractivity contribution in [3.63, 3.8) is 0 Å². The van der Waals surface area contributed by atoms with E-state index in [0.717, 1.165) is 5.69 Å². The number of rotatable bonds is 4. The predicted molar refractivity (Wildman–Crippen MR) is 82.7 cm³/mol. The lowest BCUT2D eigenvalue weighted by atomic mass is 10.1. The van der Waals surface area contributed by atoms with Crippen LogP contribution in [0.3, 0.4) is 0 Å². The summed E-state index contributed by atoms with van der Waals surface area (Å²) in [5, 5.41) is 6.96.